The van der Waals surface area contributed by atoms with Crippen molar-refractivity contribution < 1.29 is 9.13 Å². The first-order chi connectivity index (χ1) is 8.70. The molecule has 2 N–H and O–H groups in total. The Morgan fingerprint density at radius 1 is 1.33 bits per heavy atom. The van der Waals surface area contributed by atoms with Crippen LogP contribution in [0.3, 0.4) is 0 Å². The zero-order valence-electron chi connectivity index (χ0n) is 11.0. The summed E-state index contributed by atoms with van der Waals surface area (Å²) in [6, 6.07) is 4.92. The molecule has 3 heteroatoms. The van der Waals surface area contributed by atoms with Crippen LogP contribution in [0.4, 0.5) is 4.39 Å². The van der Waals surface area contributed by atoms with Gasteiger partial charge in [0, 0.05) is 6.04 Å². The molecule has 0 aromatic heterocycles. The van der Waals surface area contributed by atoms with Crippen molar-refractivity contribution in [1.29, 1.82) is 0 Å². The second-order valence-electron chi connectivity index (χ2n) is 5.24. The fourth-order valence-corrected chi connectivity index (χ4v) is 2.83. The number of hydrogen-bond donors (Lipinski definition) is 1. The minimum atomic E-state index is -0.328. The van der Waals surface area contributed by atoms with Gasteiger partial charge in [-0.25, -0.2) is 4.39 Å². The van der Waals surface area contributed by atoms with Gasteiger partial charge in [-0.1, -0.05) is 38.2 Å². The Morgan fingerprint density at radius 3 is 2.72 bits per heavy atom. The molecule has 2 rings (SSSR count). The fraction of sp³-hybridized carbons (Fsp3) is 0.600. The molecule has 100 valence electrons. The first kappa shape index (κ1) is 13.3. The van der Waals surface area contributed by atoms with Gasteiger partial charge < -0.3 is 10.5 Å². The van der Waals surface area contributed by atoms with Gasteiger partial charge in [0.2, 0.25) is 0 Å². The van der Waals surface area contributed by atoms with E-state index in [1.54, 1.807) is 12.1 Å². The van der Waals surface area contributed by atoms with Crippen molar-refractivity contribution in [2.75, 3.05) is 7.11 Å². The van der Waals surface area contributed by atoms with Crippen LogP contribution in [-0.4, -0.2) is 7.11 Å². The van der Waals surface area contributed by atoms with Gasteiger partial charge in [-0.05, 0) is 30.0 Å². The Hall–Kier alpha value is -1.09. The lowest BCUT2D eigenvalue weighted by molar-refractivity contribution is 0.318. The quantitative estimate of drug-likeness (QED) is 0.883. The van der Waals surface area contributed by atoms with E-state index >= 15 is 0 Å². The fourth-order valence-electron chi connectivity index (χ4n) is 2.83. The average Bonchev–Trinajstić information content (AvgIpc) is 2.40. The largest absolute Gasteiger partial charge is 0.494 e. The van der Waals surface area contributed by atoms with E-state index in [1.165, 1.54) is 45.3 Å². The molecule has 0 spiro atoms. The van der Waals surface area contributed by atoms with Gasteiger partial charge >= 0.3 is 0 Å². The molecule has 1 saturated carbocycles. The molecule has 1 aromatic rings. The third kappa shape index (κ3) is 3.22. The summed E-state index contributed by atoms with van der Waals surface area (Å²) in [5.74, 6) is 0.683. The van der Waals surface area contributed by atoms with Crippen molar-refractivity contribution in [3.63, 3.8) is 0 Å². The van der Waals surface area contributed by atoms with E-state index in [0.717, 1.165) is 17.9 Å². The number of hydrogen-bond acceptors (Lipinski definition) is 2. The number of benzene rings is 1. The molecule has 1 unspecified atom stereocenters. The number of halogens is 1. The average molecular weight is 251 g/mol. The SMILES string of the molecule is COc1cc(C(N)CC2CCCCC2)ccc1F. The van der Waals surface area contributed by atoms with E-state index in [-0.39, 0.29) is 17.6 Å². The summed E-state index contributed by atoms with van der Waals surface area (Å²) in [7, 11) is 1.48. The molecule has 0 bridgehead atoms. The summed E-state index contributed by atoms with van der Waals surface area (Å²) >= 11 is 0. The summed E-state index contributed by atoms with van der Waals surface area (Å²) in [5, 5.41) is 0. The van der Waals surface area contributed by atoms with Crippen LogP contribution in [0.1, 0.15) is 50.1 Å². The van der Waals surface area contributed by atoms with Crippen LogP contribution >= 0.6 is 0 Å². The lowest BCUT2D eigenvalue weighted by Gasteiger charge is -2.24. The minimum absolute atomic E-state index is 0.0115. The predicted octanol–water partition coefficient (Wildman–Crippen LogP) is 3.80. The lowest BCUT2D eigenvalue weighted by Crippen LogP contribution is -2.17. The Morgan fingerprint density at radius 2 is 2.06 bits per heavy atom. The van der Waals surface area contributed by atoms with Crippen LogP contribution in [0.15, 0.2) is 18.2 Å². The van der Waals surface area contributed by atoms with E-state index in [4.69, 9.17) is 10.5 Å². The molecular weight excluding hydrogens is 229 g/mol. The van der Waals surface area contributed by atoms with Crippen LogP contribution in [0.2, 0.25) is 0 Å². The minimum Gasteiger partial charge on any atom is -0.494 e. The maximum atomic E-state index is 13.3. The molecule has 2 nitrogen and oxygen atoms in total. The van der Waals surface area contributed by atoms with Crippen LogP contribution in [0.5, 0.6) is 5.75 Å². The highest BCUT2D eigenvalue weighted by Crippen LogP contribution is 2.32. The summed E-state index contributed by atoms with van der Waals surface area (Å²) in [6.45, 7) is 0. The van der Waals surface area contributed by atoms with Crippen LogP contribution < -0.4 is 10.5 Å². The highest BCUT2D eigenvalue weighted by atomic mass is 19.1. The first-order valence-electron chi connectivity index (χ1n) is 6.79. The molecule has 1 aliphatic carbocycles. The number of methoxy groups -OCH3 is 1. The van der Waals surface area contributed by atoms with Gasteiger partial charge in [0.05, 0.1) is 7.11 Å². The lowest BCUT2D eigenvalue weighted by atomic mass is 9.83. The van der Waals surface area contributed by atoms with E-state index in [9.17, 15) is 4.39 Å². The van der Waals surface area contributed by atoms with E-state index in [0.29, 0.717) is 0 Å². The monoisotopic (exact) mass is 251 g/mol. The van der Waals surface area contributed by atoms with E-state index in [2.05, 4.69) is 0 Å². The van der Waals surface area contributed by atoms with Crippen LogP contribution in [0, 0.1) is 11.7 Å². The van der Waals surface area contributed by atoms with Crippen molar-refractivity contribution in [3.8, 4) is 5.75 Å². The predicted molar refractivity (Wildman–Crippen MR) is 71.1 cm³/mol. The standard InChI is InChI=1S/C15H22FNO/c1-18-15-10-12(7-8-13(15)16)14(17)9-11-5-3-2-4-6-11/h7-8,10-11,14H,2-6,9,17H2,1H3. The van der Waals surface area contributed by atoms with Crippen molar-refractivity contribution in [2.24, 2.45) is 11.7 Å². The molecule has 1 aliphatic rings. The van der Waals surface area contributed by atoms with Gasteiger partial charge in [-0.15, -0.1) is 0 Å². The number of ether oxygens (including phenoxy) is 1. The summed E-state index contributed by atoms with van der Waals surface area (Å²) in [6.07, 6.45) is 7.57. The van der Waals surface area contributed by atoms with Crippen molar-refractivity contribution in [2.45, 2.75) is 44.6 Å². The Balaban J connectivity index is 2.01. The molecule has 0 amide bonds. The molecule has 0 radical (unpaired) electrons. The third-order valence-corrected chi connectivity index (χ3v) is 3.92. The molecule has 0 heterocycles. The summed E-state index contributed by atoms with van der Waals surface area (Å²) in [4.78, 5) is 0. The normalized spacial score (nSPS) is 18.6. The maximum absolute atomic E-state index is 13.3. The molecule has 18 heavy (non-hydrogen) atoms. The van der Waals surface area contributed by atoms with Gasteiger partial charge in [0.15, 0.2) is 11.6 Å². The molecule has 1 fully saturated rings. The van der Waals surface area contributed by atoms with Crippen LogP contribution in [-0.2, 0) is 0 Å². The third-order valence-electron chi connectivity index (χ3n) is 3.92. The molecule has 1 atom stereocenters. The zero-order valence-corrected chi connectivity index (χ0v) is 11.0. The maximum Gasteiger partial charge on any atom is 0.165 e. The highest BCUT2D eigenvalue weighted by molar-refractivity contribution is 5.32. The molecule has 0 saturated heterocycles. The van der Waals surface area contributed by atoms with E-state index < -0.39 is 0 Å². The van der Waals surface area contributed by atoms with Gasteiger partial charge in [0.25, 0.3) is 0 Å². The Kier molecular flexibility index (Phi) is 4.59. The van der Waals surface area contributed by atoms with Crippen molar-refractivity contribution in [1.82, 2.24) is 0 Å². The summed E-state index contributed by atoms with van der Waals surface area (Å²) < 4.78 is 18.3. The Bertz CT molecular complexity index is 388. The van der Waals surface area contributed by atoms with Crippen LogP contribution in [0.25, 0.3) is 0 Å². The number of nitrogens with two attached hydrogens (primary N) is 1. The van der Waals surface area contributed by atoms with Crippen molar-refractivity contribution >= 4 is 0 Å². The molecule has 1 aromatic carbocycles. The zero-order chi connectivity index (χ0) is 13.0. The second-order valence-corrected chi connectivity index (χ2v) is 5.24. The summed E-state index contributed by atoms with van der Waals surface area (Å²) in [5.41, 5.74) is 7.19. The van der Waals surface area contributed by atoms with E-state index in [1.807, 2.05) is 0 Å². The molecule has 0 aliphatic heterocycles. The smallest absolute Gasteiger partial charge is 0.165 e. The highest BCUT2D eigenvalue weighted by Gasteiger charge is 2.18. The second kappa shape index (κ2) is 6.19. The van der Waals surface area contributed by atoms with Gasteiger partial charge in [0.1, 0.15) is 0 Å². The molecular formula is C15H22FNO. The number of rotatable bonds is 4. The topological polar surface area (TPSA) is 35.2 Å². The van der Waals surface area contributed by atoms with Crippen molar-refractivity contribution in [3.05, 3.63) is 29.6 Å². The van der Waals surface area contributed by atoms with Gasteiger partial charge in [-0.3, -0.25) is 0 Å². The first-order valence-corrected chi connectivity index (χ1v) is 6.79. The Labute approximate surface area is 108 Å². The van der Waals surface area contributed by atoms with Gasteiger partial charge in [-0.2, -0.15) is 0 Å².